The molecule has 15 heavy (non-hydrogen) atoms. The van der Waals surface area contributed by atoms with Crippen LogP contribution in [0.2, 0.25) is 0 Å². The van der Waals surface area contributed by atoms with Crippen LogP contribution < -0.4 is 0 Å². The molecular formula is C13H20O2. The zero-order chi connectivity index (χ0) is 10.7. The van der Waals surface area contributed by atoms with Crippen LogP contribution in [0.4, 0.5) is 0 Å². The van der Waals surface area contributed by atoms with Gasteiger partial charge in [0.05, 0.1) is 17.8 Å². The maximum absolute atomic E-state index is 9.72. The Bertz CT molecular complexity index is 259. The minimum atomic E-state index is -0.182. The predicted molar refractivity (Wildman–Crippen MR) is 60.6 cm³/mol. The van der Waals surface area contributed by atoms with Gasteiger partial charge in [-0.3, -0.25) is 0 Å². The Hall–Kier alpha value is -0.600. The molecule has 0 aliphatic carbocycles. The Kier molecular flexibility index (Phi) is 3.27. The van der Waals surface area contributed by atoms with Crippen molar-refractivity contribution in [2.45, 2.75) is 56.3 Å². The molecule has 0 amide bonds. The summed E-state index contributed by atoms with van der Waals surface area (Å²) in [6.45, 7) is 3.72. The number of fused-ring (bicyclic) bond motifs is 2. The standard InChI is InChI=1S/C13H20O2/c1-2-3-4-5-7-13-8-6-12(15-13)9-11(14)10-13/h2,6,8,11-12,14H,1,3-5,7,9-10H2/t11-,12?,13?/m1/s1. The van der Waals surface area contributed by atoms with E-state index in [-0.39, 0.29) is 17.8 Å². The molecule has 2 unspecified atom stereocenters. The summed E-state index contributed by atoms with van der Waals surface area (Å²) in [5.74, 6) is 0. The number of rotatable bonds is 5. The Balaban J connectivity index is 1.84. The Morgan fingerprint density at radius 3 is 3.20 bits per heavy atom. The Labute approximate surface area is 91.6 Å². The molecule has 2 heteroatoms. The lowest BCUT2D eigenvalue weighted by molar-refractivity contribution is -0.108. The number of aliphatic hydroxyl groups excluding tert-OH is 1. The highest BCUT2D eigenvalue weighted by molar-refractivity contribution is 5.15. The van der Waals surface area contributed by atoms with Gasteiger partial charge in [0.25, 0.3) is 0 Å². The van der Waals surface area contributed by atoms with E-state index in [0.717, 1.165) is 32.1 Å². The summed E-state index contributed by atoms with van der Waals surface area (Å²) in [7, 11) is 0. The van der Waals surface area contributed by atoms with Gasteiger partial charge in [0.15, 0.2) is 0 Å². The minimum Gasteiger partial charge on any atom is -0.393 e. The zero-order valence-corrected chi connectivity index (χ0v) is 9.19. The molecule has 0 aromatic heterocycles. The highest BCUT2D eigenvalue weighted by Gasteiger charge is 2.41. The third-order valence-electron chi connectivity index (χ3n) is 3.34. The smallest absolute Gasteiger partial charge is 0.0896 e. The summed E-state index contributed by atoms with van der Waals surface area (Å²) in [6.07, 6.45) is 12.2. The van der Waals surface area contributed by atoms with Crippen LogP contribution in [0.25, 0.3) is 0 Å². The number of allylic oxidation sites excluding steroid dienone is 1. The first-order valence-corrected chi connectivity index (χ1v) is 5.90. The van der Waals surface area contributed by atoms with Crippen molar-refractivity contribution in [3.05, 3.63) is 24.8 Å². The zero-order valence-electron chi connectivity index (χ0n) is 9.19. The third kappa shape index (κ3) is 2.50. The van der Waals surface area contributed by atoms with Crippen LogP contribution in [-0.2, 0) is 4.74 Å². The number of hydrogen-bond donors (Lipinski definition) is 1. The molecule has 1 fully saturated rings. The van der Waals surface area contributed by atoms with Crippen molar-refractivity contribution in [1.29, 1.82) is 0 Å². The second-order valence-corrected chi connectivity index (χ2v) is 4.71. The van der Waals surface area contributed by atoms with Crippen molar-refractivity contribution in [3.8, 4) is 0 Å². The van der Waals surface area contributed by atoms with Crippen LogP contribution in [0, 0.1) is 0 Å². The fraction of sp³-hybridized carbons (Fsp3) is 0.692. The van der Waals surface area contributed by atoms with E-state index in [1.165, 1.54) is 6.42 Å². The second-order valence-electron chi connectivity index (χ2n) is 4.71. The number of hydrogen-bond acceptors (Lipinski definition) is 2. The number of aliphatic hydroxyl groups is 1. The van der Waals surface area contributed by atoms with E-state index < -0.39 is 0 Å². The molecule has 0 aromatic carbocycles. The van der Waals surface area contributed by atoms with Crippen molar-refractivity contribution < 1.29 is 9.84 Å². The van der Waals surface area contributed by atoms with Crippen molar-refractivity contribution in [2.24, 2.45) is 0 Å². The van der Waals surface area contributed by atoms with Gasteiger partial charge in [0.1, 0.15) is 0 Å². The van der Waals surface area contributed by atoms with E-state index in [4.69, 9.17) is 4.74 Å². The van der Waals surface area contributed by atoms with E-state index >= 15 is 0 Å². The third-order valence-corrected chi connectivity index (χ3v) is 3.34. The van der Waals surface area contributed by atoms with Crippen LogP contribution >= 0.6 is 0 Å². The average molecular weight is 208 g/mol. The fourth-order valence-corrected chi connectivity index (χ4v) is 2.61. The minimum absolute atomic E-state index is 0.149. The molecule has 3 atom stereocenters. The molecule has 2 nitrogen and oxygen atoms in total. The first-order valence-electron chi connectivity index (χ1n) is 5.90. The quantitative estimate of drug-likeness (QED) is 0.556. The maximum Gasteiger partial charge on any atom is 0.0896 e. The van der Waals surface area contributed by atoms with Gasteiger partial charge in [-0.1, -0.05) is 18.2 Å². The van der Waals surface area contributed by atoms with Gasteiger partial charge in [-0.2, -0.15) is 0 Å². The molecule has 1 N–H and O–H groups in total. The van der Waals surface area contributed by atoms with Gasteiger partial charge < -0.3 is 9.84 Å². The molecular weight excluding hydrogens is 188 g/mol. The first-order chi connectivity index (χ1) is 7.24. The SMILES string of the molecule is C=CCCCCC12C=CC(C[C@@H](O)C1)O2. The van der Waals surface area contributed by atoms with Crippen LogP contribution in [0.15, 0.2) is 24.8 Å². The molecule has 0 spiro atoms. The summed E-state index contributed by atoms with van der Waals surface area (Å²) < 4.78 is 5.94. The van der Waals surface area contributed by atoms with Crippen LogP contribution in [0.5, 0.6) is 0 Å². The van der Waals surface area contributed by atoms with Crippen LogP contribution in [0.3, 0.4) is 0 Å². The molecule has 0 saturated carbocycles. The monoisotopic (exact) mass is 208 g/mol. The Morgan fingerprint density at radius 1 is 1.53 bits per heavy atom. The summed E-state index contributed by atoms with van der Waals surface area (Å²) in [5.41, 5.74) is -0.149. The van der Waals surface area contributed by atoms with Gasteiger partial charge in [0.2, 0.25) is 0 Å². The van der Waals surface area contributed by atoms with Crippen molar-refractivity contribution in [1.82, 2.24) is 0 Å². The fourth-order valence-electron chi connectivity index (χ4n) is 2.61. The second kappa shape index (κ2) is 4.50. The van der Waals surface area contributed by atoms with Crippen molar-refractivity contribution in [2.75, 3.05) is 0 Å². The maximum atomic E-state index is 9.72. The molecule has 0 aromatic rings. The average Bonchev–Trinajstić information content (AvgIpc) is 2.50. The van der Waals surface area contributed by atoms with Gasteiger partial charge >= 0.3 is 0 Å². The topological polar surface area (TPSA) is 29.5 Å². The molecule has 2 heterocycles. The Morgan fingerprint density at radius 2 is 2.40 bits per heavy atom. The van der Waals surface area contributed by atoms with Crippen LogP contribution in [-0.4, -0.2) is 22.9 Å². The van der Waals surface area contributed by atoms with Gasteiger partial charge in [-0.25, -0.2) is 0 Å². The van der Waals surface area contributed by atoms with Crippen molar-refractivity contribution in [3.63, 3.8) is 0 Å². The highest BCUT2D eigenvalue weighted by atomic mass is 16.5. The summed E-state index contributed by atoms with van der Waals surface area (Å²) in [6, 6.07) is 0. The number of ether oxygens (including phenoxy) is 1. The normalized spacial score (nSPS) is 38.2. The van der Waals surface area contributed by atoms with E-state index in [1.807, 2.05) is 6.08 Å². The largest absolute Gasteiger partial charge is 0.393 e. The first kappa shape index (κ1) is 10.9. The van der Waals surface area contributed by atoms with Crippen molar-refractivity contribution >= 4 is 0 Å². The van der Waals surface area contributed by atoms with Gasteiger partial charge in [-0.05, 0) is 25.7 Å². The molecule has 2 bridgehead atoms. The summed E-state index contributed by atoms with van der Waals surface area (Å²) in [4.78, 5) is 0. The van der Waals surface area contributed by atoms with Gasteiger partial charge in [0, 0.05) is 12.8 Å². The molecule has 1 saturated heterocycles. The lowest BCUT2D eigenvalue weighted by Crippen LogP contribution is -2.40. The lowest BCUT2D eigenvalue weighted by Gasteiger charge is -2.36. The van der Waals surface area contributed by atoms with E-state index in [0.29, 0.717) is 0 Å². The molecule has 2 rings (SSSR count). The van der Waals surface area contributed by atoms with Crippen LogP contribution in [0.1, 0.15) is 38.5 Å². The van der Waals surface area contributed by atoms with E-state index in [9.17, 15) is 5.11 Å². The summed E-state index contributed by atoms with van der Waals surface area (Å²) >= 11 is 0. The lowest BCUT2D eigenvalue weighted by atomic mass is 9.89. The predicted octanol–water partition coefficient (Wildman–Crippen LogP) is 2.58. The molecule has 84 valence electrons. The number of unbranched alkanes of at least 4 members (excludes halogenated alkanes) is 2. The molecule has 0 radical (unpaired) electrons. The molecule has 2 aliphatic rings. The highest BCUT2D eigenvalue weighted by Crippen LogP contribution is 2.39. The summed E-state index contributed by atoms with van der Waals surface area (Å²) in [5, 5.41) is 9.72. The van der Waals surface area contributed by atoms with E-state index in [2.05, 4.69) is 18.7 Å². The molecule has 2 aliphatic heterocycles. The van der Waals surface area contributed by atoms with E-state index in [1.54, 1.807) is 0 Å². The van der Waals surface area contributed by atoms with Gasteiger partial charge in [-0.15, -0.1) is 6.58 Å².